The van der Waals surface area contributed by atoms with Crippen LogP contribution in [0.25, 0.3) is 0 Å². The second-order valence-electron chi connectivity index (χ2n) is 3.79. The fraction of sp³-hybridized carbons (Fsp3) is 0.364. The zero-order chi connectivity index (χ0) is 12.5. The van der Waals surface area contributed by atoms with Gasteiger partial charge in [-0.25, -0.2) is 4.79 Å². The number of rotatable bonds is 3. The van der Waals surface area contributed by atoms with Gasteiger partial charge in [0.15, 0.2) is 5.60 Å². The van der Waals surface area contributed by atoms with Crippen LogP contribution in [0, 0.1) is 0 Å². The average molecular weight is 257 g/mol. The minimum atomic E-state index is -0.888. The maximum absolute atomic E-state index is 11.2. The van der Waals surface area contributed by atoms with E-state index in [4.69, 9.17) is 26.8 Å². The van der Waals surface area contributed by atoms with Crippen LogP contribution in [0.3, 0.4) is 0 Å². The van der Waals surface area contributed by atoms with Crippen LogP contribution in [-0.2, 0) is 10.3 Å². The number of carbonyl (C=O) groups excluding carboxylic acids is 1. The van der Waals surface area contributed by atoms with E-state index in [1.54, 1.807) is 25.3 Å². The van der Waals surface area contributed by atoms with Crippen LogP contribution < -0.4 is 15.8 Å². The number of hydrogen-bond acceptors (Lipinski definition) is 4. The Morgan fingerprint density at radius 3 is 2.88 bits per heavy atom. The lowest BCUT2D eigenvalue weighted by molar-refractivity contribution is 0.0618. The number of alkyl carbamates (subject to hydrolysis) is 1. The molecule has 1 aliphatic rings. The number of halogens is 1. The number of methoxy groups -OCH3 is 1. The van der Waals surface area contributed by atoms with E-state index in [9.17, 15) is 4.79 Å². The molecule has 0 bridgehead atoms. The van der Waals surface area contributed by atoms with E-state index in [0.717, 1.165) is 0 Å². The minimum Gasteiger partial charge on any atom is -0.497 e. The van der Waals surface area contributed by atoms with Crippen LogP contribution in [0.4, 0.5) is 4.79 Å². The second-order valence-corrected chi connectivity index (χ2v) is 4.19. The van der Waals surface area contributed by atoms with Gasteiger partial charge in [0.25, 0.3) is 0 Å². The maximum atomic E-state index is 11.2. The summed E-state index contributed by atoms with van der Waals surface area (Å²) in [5, 5.41) is 3.05. The Hall–Kier alpha value is -1.46. The molecule has 1 atom stereocenters. The van der Waals surface area contributed by atoms with Crippen molar-refractivity contribution in [1.29, 1.82) is 0 Å². The zero-order valence-corrected chi connectivity index (χ0v) is 10.1. The second kappa shape index (κ2) is 4.43. The van der Waals surface area contributed by atoms with Crippen LogP contribution in [0.1, 0.15) is 5.56 Å². The summed E-state index contributed by atoms with van der Waals surface area (Å²) >= 11 is 6.15. The first-order valence-electron chi connectivity index (χ1n) is 5.12. The van der Waals surface area contributed by atoms with Crippen molar-refractivity contribution < 1.29 is 14.3 Å². The summed E-state index contributed by atoms with van der Waals surface area (Å²) in [7, 11) is 1.56. The molecule has 2 rings (SSSR count). The van der Waals surface area contributed by atoms with Crippen molar-refractivity contribution in [3.63, 3.8) is 0 Å². The lowest BCUT2D eigenvalue weighted by atomic mass is 9.94. The molecule has 6 heteroatoms. The van der Waals surface area contributed by atoms with Crippen LogP contribution in [0.2, 0.25) is 5.02 Å². The number of carbonyl (C=O) groups is 1. The number of nitrogens with two attached hydrogens (primary N) is 1. The van der Waals surface area contributed by atoms with Crippen LogP contribution >= 0.6 is 11.6 Å². The summed E-state index contributed by atoms with van der Waals surface area (Å²) in [5.74, 6) is 0.642. The summed E-state index contributed by atoms with van der Waals surface area (Å²) in [4.78, 5) is 11.2. The van der Waals surface area contributed by atoms with Gasteiger partial charge >= 0.3 is 6.09 Å². The van der Waals surface area contributed by atoms with Gasteiger partial charge in [-0.05, 0) is 18.2 Å². The monoisotopic (exact) mass is 256 g/mol. The summed E-state index contributed by atoms with van der Waals surface area (Å²) in [5.41, 5.74) is 5.49. The molecular weight excluding hydrogens is 244 g/mol. The van der Waals surface area contributed by atoms with Crippen molar-refractivity contribution in [3.8, 4) is 5.75 Å². The normalized spacial score (nSPS) is 23.1. The van der Waals surface area contributed by atoms with Gasteiger partial charge in [-0.3, -0.25) is 0 Å². The molecule has 1 unspecified atom stereocenters. The molecule has 0 aliphatic carbocycles. The maximum Gasteiger partial charge on any atom is 0.408 e. The Labute approximate surface area is 104 Å². The Morgan fingerprint density at radius 1 is 1.65 bits per heavy atom. The van der Waals surface area contributed by atoms with Gasteiger partial charge in [-0.15, -0.1) is 0 Å². The average Bonchev–Trinajstić information content (AvgIpc) is 2.72. The minimum absolute atomic E-state index is 0.164. The van der Waals surface area contributed by atoms with E-state index < -0.39 is 11.7 Å². The van der Waals surface area contributed by atoms with E-state index in [1.165, 1.54) is 0 Å². The first kappa shape index (κ1) is 12.0. The summed E-state index contributed by atoms with van der Waals surface area (Å²) in [6.07, 6.45) is -0.484. The molecule has 5 nitrogen and oxygen atoms in total. The molecule has 1 aliphatic heterocycles. The molecule has 0 radical (unpaired) electrons. The number of benzene rings is 1. The molecule has 1 aromatic carbocycles. The molecule has 92 valence electrons. The standard InChI is InChI=1S/C11H13ClN2O3/c1-16-7-2-3-8(9(12)4-7)11(5-13)6-14-10(15)17-11/h2-4H,5-6,13H2,1H3,(H,14,15). The lowest BCUT2D eigenvalue weighted by Crippen LogP contribution is -2.38. The predicted octanol–water partition coefficient (Wildman–Crippen LogP) is 1.24. The third-order valence-corrected chi connectivity index (χ3v) is 3.12. The van der Waals surface area contributed by atoms with E-state index >= 15 is 0 Å². The van der Waals surface area contributed by atoms with Crippen molar-refractivity contribution in [3.05, 3.63) is 28.8 Å². The lowest BCUT2D eigenvalue weighted by Gasteiger charge is -2.26. The first-order chi connectivity index (χ1) is 8.11. The third-order valence-electron chi connectivity index (χ3n) is 2.80. The number of hydrogen-bond donors (Lipinski definition) is 2. The van der Waals surface area contributed by atoms with Gasteiger partial charge in [-0.2, -0.15) is 0 Å². The highest BCUT2D eigenvalue weighted by Gasteiger charge is 2.42. The molecule has 1 fully saturated rings. The van der Waals surface area contributed by atoms with E-state index in [1.807, 2.05) is 0 Å². The van der Waals surface area contributed by atoms with Gasteiger partial charge in [0, 0.05) is 12.1 Å². The smallest absolute Gasteiger partial charge is 0.408 e. The van der Waals surface area contributed by atoms with Gasteiger partial charge in [-0.1, -0.05) is 11.6 Å². The van der Waals surface area contributed by atoms with E-state index in [0.29, 0.717) is 22.9 Å². The van der Waals surface area contributed by atoms with Crippen molar-refractivity contribution in [2.45, 2.75) is 5.60 Å². The summed E-state index contributed by atoms with van der Waals surface area (Å²) < 4.78 is 10.3. The SMILES string of the molecule is COc1ccc(C2(CN)CNC(=O)O2)c(Cl)c1. The van der Waals surface area contributed by atoms with Gasteiger partial charge in [0.1, 0.15) is 5.75 Å². The molecule has 1 heterocycles. The highest BCUT2D eigenvalue weighted by Crippen LogP contribution is 2.35. The summed E-state index contributed by atoms with van der Waals surface area (Å²) in [6.45, 7) is 0.478. The molecule has 3 N–H and O–H groups in total. The molecule has 0 aromatic heterocycles. The quantitative estimate of drug-likeness (QED) is 0.853. The van der Waals surface area contributed by atoms with Crippen LogP contribution in [-0.4, -0.2) is 26.3 Å². The Balaban J connectivity index is 2.41. The van der Waals surface area contributed by atoms with Crippen LogP contribution in [0.5, 0.6) is 5.75 Å². The van der Waals surface area contributed by atoms with Gasteiger partial charge in [0.2, 0.25) is 0 Å². The van der Waals surface area contributed by atoms with Crippen molar-refractivity contribution in [2.75, 3.05) is 20.2 Å². The van der Waals surface area contributed by atoms with Crippen LogP contribution in [0.15, 0.2) is 18.2 Å². The number of cyclic esters (lactones) is 1. The molecular formula is C11H13ClN2O3. The fourth-order valence-electron chi connectivity index (χ4n) is 1.83. The van der Waals surface area contributed by atoms with Crippen molar-refractivity contribution in [2.24, 2.45) is 5.73 Å². The zero-order valence-electron chi connectivity index (χ0n) is 9.33. The topological polar surface area (TPSA) is 73.6 Å². The highest BCUT2D eigenvalue weighted by atomic mass is 35.5. The molecule has 17 heavy (non-hydrogen) atoms. The Kier molecular flexibility index (Phi) is 3.13. The molecule has 0 saturated carbocycles. The summed E-state index contributed by atoms with van der Waals surface area (Å²) in [6, 6.07) is 5.18. The largest absolute Gasteiger partial charge is 0.497 e. The molecule has 1 aromatic rings. The highest BCUT2D eigenvalue weighted by molar-refractivity contribution is 6.31. The van der Waals surface area contributed by atoms with E-state index in [-0.39, 0.29) is 6.54 Å². The Morgan fingerprint density at radius 2 is 2.41 bits per heavy atom. The predicted molar refractivity (Wildman–Crippen MR) is 63.2 cm³/mol. The van der Waals surface area contributed by atoms with Crippen molar-refractivity contribution >= 4 is 17.7 Å². The molecule has 1 saturated heterocycles. The molecule has 1 amide bonds. The molecule has 0 spiro atoms. The Bertz CT molecular complexity index is 452. The van der Waals surface area contributed by atoms with E-state index in [2.05, 4.69) is 5.32 Å². The van der Waals surface area contributed by atoms with Crippen molar-refractivity contribution in [1.82, 2.24) is 5.32 Å². The number of nitrogens with one attached hydrogen (secondary N) is 1. The van der Waals surface area contributed by atoms with Gasteiger partial charge in [0.05, 0.1) is 18.7 Å². The van der Waals surface area contributed by atoms with Gasteiger partial charge < -0.3 is 20.5 Å². The fourth-order valence-corrected chi connectivity index (χ4v) is 2.17. The number of amides is 1. The first-order valence-corrected chi connectivity index (χ1v) is 5.50. The third kappa shape index (κ3) is 2.03. The number of ether oxygens (including phenoxy) is 2.